The first-order chi connectivity index (χ1) is 5.99. The van der Waals surface area contributed by atoms with Gasteiger partial charge in [0.1, 0.15) is 0 Å². The number of nitrogens with zero attached hydrogens (tertiary/aromatic N) is 2. The highest BCUT2D eigenvalue weighted by atomic mass is 16.2. The van der Waals surface area contributed by atoms with Crippen LogP contribution in [0.5, 0.6) is 0 Å². The molecule has 1 aliphatic carbocycles. The minimum atomic E-state index is 0.191. The highest BCUT2D eigenvalue weighted by molar-refractivity contribution is 5.82. The molecule has 3 heteroatoms. The van der Waals surface area contributed by atoms with Crippen LogP contribution in [0.1, 0.15) is 26.7 Å². The van der Waals surface area contributed by atoms with Gasteiger partial charge in [-0.05, 0) is 11.8 Å². The standard InChI is InChI=1S/C10H16N2O/c1-10(2)7-8(10)9(13)12(3)6-4-5-11/h8H,4,6-7H2,1-3H3. The molecule has 0 spiro atoms. The lowest BCUT2D eigenvalue weighted by Gasteiger charge is -2.16. The molecule has 1 fully saturated rings. The molecule has 0 bridgehead atoms. The second kappa shape index (κ2) is 3.37. The molecule has 0 radical (unpaired) electrons. The van der Waals surface area contributed by atoms with Gasteiger partial charge in [0.05, 0.1) is 12.5 Å². The summed E-state index contributed by atoms with van der Waals surface area (Å²) in [6.45, 7) is 4.77. The molecule has 0 heterocycles. The van der Waals surface area contributed by atoms with E-state index < -0.39 is 0 Å². The van der Waals surface area contributed by atoms with E-state index in [2.05, 4.69) is 13.8 Å². The molecule has 3 nitrogen and oxygen atoms in total. The molecular formula is C10H16N2O. The van der Waals surface area contributed by atoms with Gasteiger partial charge in [0.15, 0.2) is 0 Å². The van der Waals surface area contributed by atoms with Crippen LogP contribution in [0.3, 0.4) is 0 Å². The number of hydrogen-bond acceptors (Lipinski definition) is 2. The number of carbonyl (C=O) groups excluding carboxylic acids is 1. The lowest BCUT2D eigenvalue weighted by molar-refractivity contribution is -0.131. The molecule has 0 aromatic carbocycles. The predicted molar refractivity (Wildman–Crippen MR) is 49.8 cm³/mol. The maximum Gasteiger partial charge on any atom is 0.226 e. The molecule has 1 atom stereocenters. The summed E-state index contributed by atoms with van der Waals surface area (Å²) >= 11 is 0. The number of hydrogen-bond donors (Lipinski definition) is 0. The lowest BCUT2D eigenvalue weighted by atomic mass is 10.1. The van der Waals surface area contributed by atoms with Crippen molar-refractivity contribution in [1.82, 2.24) is 4.90 Å². The summed E-state index contributed by atoms with van der Waals surface area (Å²) in [5.41, 5.74) is 0.192. The van der Waals surface area contributed by atoms with Crippen LogP contribution in [0.15, 0.2) is 0 Å². The highest BCUT2D eigenvalue weighted by Crippen LogP contribution is 2.52. The van der Waals surface area contributed by atoms with Gasteiger partial charge in [-0.3, -0.25) is 4.79 Å². The van der Waals surface area contributed by atoms with Gasteiger partial charge in [-0.1, -0.05) is 13.8 Å². The Bertz CT molecular complexity index is 252. The van der Waals surface area contributed by atoms with Crippen LogP contribution in [0, 0.1) is 22.7 Å². The third-order valence-electron chi connectivity index (χ3n) is 2.75. The molecule has 1 amide bonds. The van der Waals surface area contributed by atoms with Crippen LogP contribution in [0.4, 0.5) is 0 Å². The van der Waals surface area contributed by atoms with E-state index in [-0.39, 0.29) is 17.2 Å². The fraction of sp³-hybridized carbons (Fsp3) is 0.800. The highest BCUT2D eigenvalue weighted by Gasteiger charge is 2.51. The Morgan fingerprint density at radius 3 is 2.62 bits per heavy atom. The van der Waals surface area contributed by atoms with Gasteiger partial charge in [0.2, 0.25) is 5.91 Å². The van der Waals surface area contributed by atoms with E-state index in [1.165, 1.54) is 0 Å². The summed E-state index contributed by atoms with van der Waals surface area (Å²) in [6, 6.07) is 2.04. The predicted octanol–water partition coefficient (Wildman–Crippen LogP) is 1.40. The molecule has 1 saturated carbocycles. The van der Waals surface area contributed by atoms with Crippen molar-refractivity contribution in [2.45, 2.75) is 26.7 Å². The van der Waals surface area contributed by atoms with Crippen LogP contribution < -0.4 is 0 Å². The molecule has 0 aliphatic heterocycles. The first kappa shape index (κ1) is 10.0. The van der Waals surface area contributed by atoms with Crippen molar-refractivity contribution in [2.24, 2.45) is 11.3 Å². The Balaban J connectivity index is 2.37. The van der Waals surface area contributed by atoms with Crippen molar-refractivity contribution < 1.29 is 4.79 Å². The fourth-order valence-electron chi connectivity index (χ4n) is 1.48. The number of carbonyl (C=O) groups is 1. The molecule has 0 N–H and O–H groups in total. The van der Waals surface area contributed by atoms with Crippen molar-refractivity contribution in [3.63, 3.8) is 0 Å². The van der Waals surface area contributed by atoms with Crippen molar-refractivity contribution in [2.75, 3.05) is 13.6 Å². The Hall–Kier alpha value is -1.04. The molecule has 0 saturated heterocycles. The van der Waals surface area contributed by atoms with Crippen LogP contribution >= 0.6 is 0 Å². The van der Waals surface area contributed by atoms with Crippen LogP contribution in [0.25, 0.3) is 0 Å². The Morgan fingerprint density at radius 1 is 1.69 bits per heavy atom. The van der Waals surface area contributed by atoms with Crippen molar-refractivity contribution in [3.05, 3.63) is 0 Å². The third-order valence-corrected chi connectivity index (χ3v) is 2.75. The first-order valence-electron chi connectivity index (χ1n) is 4.61. The van der Waals surface area contributed by atoms with E-state index in [9.17, 15) is 4.79 Å². The van der Waals surface area contributed by atoms with Gasteiger partial charge >= 0.3 is 0 Å². The van der Waals surface area contributed by atoms with Gasteiger partial charge in [0, 0.05) is 19.5 Å². The second-order valence-electron chi connectivity index (χ2n) is 4.41. The Morgan fingerprint density at radius 2 is 2.23 bits per heavy atom. The van der Waals surface area contributed by atoms with Gasteiger partial charge in [-0.15, -0.1) is 0 Å². The molecule has 0 aromatic rings. The van der Waals surface area contributed by atoms with Crippen LogP contribution in [-0.2, 0) is 4.79 Å². The second-order valence-corrected chi connectivity index (χ2v) is 4.41. The molecular weight excluding hydrogens is 164 g/mol. The normalized spacial score (nSPS) is 23.4. The summed E-state index contributed by atoms with van der Waals surface area (Å²) in [7, 11) is 1.77. The summed E-state index contributed by atoms with van der Waals surface area (Å²) in [5, 5.41) is 8.37. The molecule has 1 rings (SSSR count). The monoisotopic (exact) mass is 180 g/mol. The zero-order chi connectivity index (χ0) is 10.1. The summed E-state index contributed by atoms with van der Waals surface area (Å²) in [5.74, 6) is 0.386. The fourth-order valence-corrected chi connectivity index (χ4v) is 1.48. The van der Waals surface area contributed by atoms with Gasteiger partial charge in [0.25, 0.3) is 0 Å². The Labute approximate surface area is 79.3 Å². The van der Waals surface area contributed by atoms with E-state index in [0.717, 1.165) is 6.42 Å². The summed E-state index contributed by atoms with van der Waals surface area (Å²) < 4.78 is 0. The molecule has 1 aliphatic rings. The van der Waals surface area contributed by atoms with Crippen LogP contribution in [-0.4, -0.2) is 24.4 Å². The van der Waals surface area contributed by atoms with Gasteiger partial charge in [-0.25, -0.2) is 0 Å². The van der Waals surface area contributed by atoms with Crippen molar-refractivity contribution >= 4 is 5.91 Å². The van der Waals surface area contributed by atoms with E-state index in [1.807, 2.05) is 6.07 Å². The van der Waals surface area contributed by atoms with E-state index in [1.54, 1.807) is 11.9 Å². The molecule has 1 unspecified atom stereocenters. The topological polar surface area (TPSA) is 44.1 Å². The number of amides is 1. The minimum Gasteiger partial charge on any atom is -0.344 e. The average Bonchev–Trinajstić information content (AvgIpc) is 2.69. The lowest BCUT2D eigenvalue weighted by Crippen LogP contribution is -2.30. The zero-order valence-corrected chi connectivity index (χ0v) is 8.50. The van der Waals surface area contributed by atoms with E-state index >= 15 is 0 Å². The Kier molecular flexibility index (Phi) is 2.60. The van der Waals surface area contributed by atoms with Crippen molar-refractivity contribution in [3.8, 4) is 6.07 Å². The minimum absolute atomic E-state index is 0.191. The number of rotatable bonds is 3. The summed E-state index contributed by atoms with van der Waals surface area (Å²) in [6.07, 6.45) is 1.41. The van der Waals surface area contributed by atoms with E-state index in [4.69, 9.17) is 5.26 Å². The summed E-state index contributed by atoms with van der Waals surface area (Å²) in [4.78, 5) is 13.3. The van der Waals surface area contributed by atoms with Gasteiger partial charge in [-0.2, -0.15) is 5.26 Å². The average molecular weight is 180 g/mol. The van der Waals surface area contributed by atoms with Crippen molar-refractivity contribution in [1.29, 1.82) is 5.26 Å². The third kappa shape index (κ3) is 2.21. The zero-order valence-electron chi connectivity index (χ0n) is 8.50. The van der Waals surface area contributed by atoms with Crippen LogP contribution in [0.2, 0.25) is 0 Å². The number of nitriles is 1. The molecule has 0 aromatic heterocycles. The SMILES string of the molecule is CN(CCC#N)C(=O)C1CC1(C)C. The van der Waals surface area contributed by atoms with Gasteiger partial charge < -0.3 is 4.90 Å². The maximum atomic E-state index is 11.6. The first-order valence-corrected chi connectivity index (χ1v) is 4.61. The molecule has 13 heavy (non-hydrogen) atoms. The molecule has 72 valence electrons. The maximum absolute atomic E-state index is 11.6. The quantitative estimate of drug-likeness (QED) is 0.659. The van der Waals surface area contributed by atoms with E-state index in [0.29, 0.717) is 13.0 Å². The largest absolute Gasteiger partial charge is 0.344 e. The smallest absolute Gasteiger partial charge is 0.226 e.